The Morgan fingerprint density at radius 3 is 2.52 bits per heavy atom. The van der Waals surface area contributed by atoms with E-state index in [-0.39, 0.29) is 17.0 Å². The monoisotopic (exact) mass is 315 g/mol. The third-order valence-electron chi connectivity index (χ3n) is 4.74. The predicted octanol–water partition coefficient (Wildman–Crippen LogP) is 2.64. The summed E-state index contributed by atoms with van der Waals surface area (Å²) in [4.78, 5) is 26.6. The maximum atomic E-state index is 12.2. The van der Waals surface area contributed by atoms with E-state index in [0.717, 1.165) is 24.1 Å². The molecule has 0 saturated heterocycles. The summed E-state index contributed by atoms with van der Waals surface area (Å²) < 4.78 is 0. The molecule has 1 aromatic heterocycles. The second-order valence-electron chi connectivity index (χ2n) is 6.43. The summed E-state index contributed by atoms with van der Waals surface area (Å²) in [5, 5.41) is 12.2. The van der Waals surface area contributed by atoms with Gasteiger partial charge in [0.15, 0.2) is 0 Å². The van der Waals surface area contributed by atoms with Crippen molar-refractivity contribution < 1.29 is 4.79 Å². The first-order chi connectivity index (χ1) is 11.0. The van der Waals surface area contributed by atoms with Crippen LogP contribution < -0.4 is 10.9 Å². The first-order valence-corrected chi connectivity index (χ1v) is 8.44. The van der Waals surface area contributed by atoms with Crippen molar-refractivity contribution in [3.63, 3.8) is 0 Å². The van der Waals surface area contributed by atoms with Crippen LogP contribution in [0.3, 0.4) is 0 Å². The summed E-state index contributed by atoms with van der Waals surface area (Å²) in [5.41, 5.74) is 2.13. The average Bonchev–Trinajstić information content (AvgIpc) is 2.75. The number of aromatic nitrogens is 1. The Bertz CT molecular complexity index is 662. The number of nitrogens with one attached hydrogen (secondary N) is 2. The minimum absolute atomic E-state index is 0.0559. The lowest BCUT2D eigenvalue weighted by Gasteiger charge is -2.17. The third-order valence-corrected chi connectivity index (χ3v) is 4.74. The maximum Gasteiger partial charge on any atom is 0.266 e. The molecule has 1 aliphatic carbocycles. The normalized spacial score (nSPS) is 15.7. The van der Waals surface area contributed by atoms with Crippen molar-refractivity contribution in [2.45, 2.75) is 71.3 Å². The summed E-state index contributed by atoms with van der Waals surface area (Å²) in [7, 11) is 0. The first-order valence-electron chi connectivity index (χ1n) is 8.44. The molecule has 5 heteroatoms. The van der Waals surface area contributed by atoms with Crippen molar-refractivity contribution in [3.8, 4) is 6.07 Å². The quantitative estimate of drug-likeness (QED) is 0.838. The Labute approximate surface area is 137 Å². The van der Waals surface area contributed by atoms with Crippen molar-refractivity contribution in [3.05, 3.63) is 32.7 Å². The highest BCUT2D eigenvalue weighted by Crippen LogP contribution is 2.18. The van der Waals surface area contributed by atoms with Crippen molar-refractivity contribution in [1.82, 2.24) is 10.3 Å². The van der Waals surface area contributed by atoms with Crippen LogP contribution in [0.1, 0.15) is 67.3 Å². The van der Waals surface area contributed by atoms with Crippen molar-refractivity contribution in [1.29, 1.82) is 5.26 Å². The zero-order valence-corrected chi connectivity index (χ0v) is 14.0. The minimum Gasteiger partial charge on any atom is -0.353 e. The molecule has 2 rings (SSSR count). The number of H-pyrrole nitrogens is 1. The fourth-order valence-corrected chi connectivity index (χ4v) is 3.38. The fourth-order valence-electron chi connectivity index (χ4n) is 3.38. The van der Waals surface area contributed by atoms with Crippen molar-refractivity contribution in [2.75, 3.05) is 0 Å². The molecule has 1 saturated carbocycles. The number of nitrogens with zero attached hydrogens (tertiary/aromatic N) is 1. The van der Waals surface area contributed by atoms with E-state index in [1.165, 1.54) is 25.7 Å². The van der Waals surface area contributed by atoms with Gasteiger partial charge in [0.2, 0.25) is 5.91 Å². The Balaban J connectivity index is 1.99. The molecule has 5 nitrogen and oxygen atoms in total. The van der Waals surface area contributed by atoms with Crippen LogP contribution in [0.5, 0.6) is 0 Å². The second-order valence-corrected chi connectivity index (χ2v) is 6.43. The average molecular weight is 315 g/mol. The maximum absolute atomic E-state index is 12.2. The Morgan fingerprint density at radius 2 is 1.91 bits per heavy atom. The molecule has 124 valence electrons. The molecule has 1 amide bonds. The van der Waals surface area contributed by atoms with E-state index in [4.69, 9.17) is 5.26 Å². The van der Waals surface area contributed by atoms with Crippen LogP contribution in [0.4, 0.5) is 0 Å². The van der Waals surface area contributed by atoms with Crippen LogP contribution in [0.15, 0.2) is 4.79 Å². The van der Waals surface area contributed by atoms with Gasteiger partial charge in [-0.25, -0.2) is 0 Å². The van der Waals surface area contributed by atoms with Gasteiger partial charge >= 0.3 is 0 Å². The number of nitriles is 1. The Kier molecular flexibility index (Phi) is 5.97. The molecular formula is C18H25N3O2. The van der Waals surface area contributed by atoms with Gasteiger partial charge in [-0.3, -0.25) is 9.59 Å². The molecule has 0 radical (unpaired) electrons. The smallest absolute Gasteiger partial charge is 0.266 e. The van der Waals surface area contributed by atoms with Crippen LogP contribution in [-0.2, 0) is 11.2 Å². The van der Waals surface area contributed by atoms with E-state index in [2.05, 4.69) is 10.3 Å². The summed E-state index contributed by atoms with van der Waals surface area (Å²) in [5.74, 6) is 0.0559. The molecule has 0 aliphatic heterocycles. The number of rotatable bonds is 4. The molecule has 0 aromatic carbocycles. The third kappa shape index (κ3) is 4.44. The fraction of sp³-hybridized carbons (Fsp3) is 0.611. The highest BCUT2D eigenvalue weighted by molar-refractivity contribution is 5.76. The number of pyridine rings is 1. The molecule has 0 atom stereocenters. The Hall–Kier alpha value is -2.09. The number of hydrogen-bond donors (Lipinski definition) is 2. The molecular weight excluding hydrogens is 290 g/mol. The van der Waals surface area contributed by atoms with Gasteiger partial charge in [-0.05, 0) is 44.2 Å². The van der Waals surface area contributed by atoms with E-state index in [9.17, 15) is 9.59 Å². The van der Waals surface area contributed by atoms with Gasteiger partial charge in [-0.2, -0.15) is 5.26 Å². The van der Waals surface area contributed by atoms with Crippen molar-refractivity contribution >= 4 is 5.91 Å². The molecule has 23 heavy (non-hydrogen) atoms. The number of aromatic amines is 1. The highest BCUT2D eigenvalue weighted by Gasteiger charge is 2.16. The zero-order valence-electron chi connectivity index (χ0n) is 14.0. The molecule has 0 bridgehead atoms. The van der Waals surface area contributed by atoms with Crippen LogP contribution in [-0.4, -0.2) is 16.9 Å². The zero-order chi connectivity index (χ0) is 16.8. The van der Waals surface area contributed by atoms with Crippen LogP contribution >= 0.6 is 0 Å². The van der Waals surface area contributed by atoms with E-state index in [0.29, 0.717) is 24.4 Å². The molecule has 2 N–H and O–H groups in total. The first kappa shape index (κ1) is 17.3. The van der Waals surface area contributed by atoms with E-state index < -0.39 is 0 Å². The van der Waals surface area contributed by atoms with Gasteiger partial charge in [0, 0.05) is 18.2 Å². The molecule has 1 aliphatic rings. The topological polar surface area (TPSA) is 85.8 Å². The standard InChI is InChI=1S/C18H25N3O2/c1-12-15(13(2)20-18(23)16(12)11-19)9-10-17(22)21-14-7-5-3-4-6-8-14/h14H,3-10H2,1-2H3,(H,20,23)(H,21,22). The number of carbonyl (C=O) groups excluding carboxylic acids is 1. The number of hydrogen-bond acceptors (Lipinski definition) is 3. The molecule has 0 spiro atoms. The van der Waals surface area contributed by atoms with Gasteiger partial charge in [0.25, 0.3) is 5.56 Å². The van der Waals surface area contributed by atoms with Crippen LogP contribution in [0.25, 0.3) is 0 Å². The second kappa shape index (κ2) is 7.96. The summed E-state index contributed by atoms with van der Waals surface area (Å²) >= 11 is 0. The Morgan fingerprint density at radius 1 is 1.26 bits per heavy atom. The largest absolute Gasteiger partial charge is 0.353 e. The molecule has 1 aromatic rings. The van der Waals surface area contributed by atoms with Gasteiger partial charge in [0.1, 0.15) is 11.6 Å². The summed E-state index contributed by atoms with van der Waals surface area (Å²) in [6, 6.07) is 2.25. The number of aryl methyl sites for hydroxylation is 1. The summed E-state index contributed by atoms with van der Waals surface area (Å²) in [6.07, 6.45) is 7.97. The van der Waals surface area contributed by atoms with Gasteiger partial charge in [-0.1, -0.05) is 25.7 Å². The van der Waals surface area contributed by atoms with E-state index >= 15 is 0 Å². The van der Waals surface area contributed by atoms with Crippen LogP contribution in [0.2, 0.25) is 0 Å². The minimum atomic E-state index is -0.353. The molecule has 0 unspecified atom stereocenters. The van der Waals surface area contributed by atoms with Gasteiger partial charge in [0.05, 0.1) is 0 Å². The van der Waals surface area contributed by atoms with E-state index in [1.54, 1.807) is 6.92 Å². The summed E-state index contributed by atoms with van der Waals surface area (Å²) in [6.45, 7) is 3.59. The van der Waals surface area contributed by atoms with Crippen LogP contribution in [0, 0.1) is 25.2 Å². The number of amides is 1. The lowest BCUT2D eigenvalue weighted by Crippen LogP contribution is -2.34. The SMILES string of the molecule is Cc1[nH]c(=O)c(C#N)c(C)c1CCC(=O)NC1CCCCCC1. The van der Waals surface area contributed by atoms with Gasteiger partial charge in [-0.15, -0.1) is 0 Å². The predicted molar refractivity (Wildman–Crippen MR) is 89.2 cm³/mol. The number of carbonyl (C=O) groups is 1. The molecule has 1 fully saturated rings. The van der Waals surface area contributed by atoms with E-state index in [1.807, 2.05) is 13.0 Å². The highest BCUT2D eigenvalue weighted by atomic mass is 16.1. The van der Waals surface area contributed by atoms with Gasteiger partial charge < -0.3 is 10.3 Å². The lowest BCUT2D eigenvalue weighted by atomic mass is 9.99. The van der Waals surface area contributed by atoms with Crippen molar-refractivity contribution in [2.24, 2.45) is 0 Å². The molecule has 1 heterocycles. The lowest BCUT2D eigenvalue weighted by molar-refractivity contribution is -0.121.